The van der Waals surface area contributed by atoms with Crippen molar-refractivity contribution < 1.29 is 0 Å². The summed E-state index contributed by atoms with van der Waals surface area (Å²) >= 11 is 1.80. The van der Waals surface area contributed by atoms with E-state index < -0.39 is 0 Å². The van der Waals surface area contributed by atoms with Crippen LogP contribution in [0.25, 0.3) is 0 Å². The first-order chi connectivity index (χ1) is 7.35. The minimum Gasteiger partial charge on any atom is -0.316 e. The number of hydrogen-bond acceptors (Lipinski definition) is 3. The van der Waals surface area contributed by atoms with Gasteiger partial charge in [-0.1, -0.05) is 19.8 Å². The molecule has 1 aliphatic carbocycles. The van der Waals surface area contributed by atoms with Crippen LogP contribution in [-0.4, -0.2) is 18.1 Å². The minimum atomic E-state index is 0.508. The largest absolute Gasteiger partial charge is 0.316 e. The van der Waals surface area contributed by atoms with Crippen molar-refractivity contribution in [3.8, 4) is 0 Å². The molecule has 0 saturated heterocycles. The summed E-state index contributed by atoms with van der Waals surface area (Å²) in [6.07, 6.45) is 8.65. The van der Waals surface area contributed by atoms with E-state index in [-0.39, 0.29) is 0 Å². The number of thiazole rings is 1. The quantitative estimate of drug-likeness (QED) is 0.832. The topological polar surface area (TPSA) is 24.9 Å². The van der Waals surface area contributed by atoms with Gasteiger partial charge in [0.05, 0.1) is 5.01 Å². The van der Waals surface area contributed by atoms with E-state index in [1.54, 1.807) is 11.3 Å². The Morgan fingerprint density at radius 3 is 2.87 bits per heavy atom. The van der Waals surface area contributed by atoms with Gasteiger partial charge in [-0.15, -0.1) is 11.3 Å². The van der Waals surface area contributed by atoms with E-state index in [0.717, 1.165) is 6.54 Å². The Morgan fingerprint density at radius 2 is 2.27 bits per heavy atom. The van der Waals surface area contributed by atoms with Crippen molar-refractivity contribution in [2.45, 2.75) is 39.0 Å². The summed E-state index contributed by atoms with van der Waals surface area (Å²) in [5.74, 6) is 0. The molecule has 1 N–H and O–H groups in total. The van der Waals surface area contributed by atoms with Crippen molar-refractivity contribution in [3.63, 3.8) is 0 Å². The van der Waals surface area contributed by atoms with Crippen LogP contribution in [-0.2, 0) is 6.42 Å². The maximum Gasteiger partial charge on any atom is 0.0930 e. The zero-order valence-electron chi connectivity index (χ0n) is 9.46. The lowest BCUT2D eigenvalue weighted by atomic mass is 9.83. The fourth-order valence-corrected chi connectivity index (χ4v) is 3.38. The molecule has 0 aromatic carbocycles. The van der Waals surface area contributed by atoms with E-state index in [4.69, 9.17) is 0 Å². The van der Waals surface area contributed by atoms with Crippen LogP contribution >= 0.6 is 11.3 Å². The van der Waals surface area contributed by atoms with Gasteiger partial charge in [-0.3, -0.25) is 0 Å². The summed E-state index contributed by atoms with van der Waals surface area (Å²) in [4.78, 5) is 4.42. The Hall–Kier alpha value is -0.410. The second-order valence-electron chi connectivity index (χ2n) is 4.59. The van der Waals surface area contributed by atoms with Crippen molar-refractivity contribution in [3.05, 3.63) is 16.6 Å². The molecule has 2 rings (SSSR count). The summed E-state index contributed by atoms with van der Waals surface area (Å²) < 4.78 is 0. The fraction of sp³-hybridized carbons (Fsp3) is 0.750. The van der Waals surface area contributed by atoms with Crippen LogP contribution in [0.2, 0.25) is 0 Å². The van der Waals surface area contributed by atoms with E-state index in [9.17, 15) is 0 Å². The van der Waals surface area contributed by atoms with Crippen LogP contribution in [0.1, 0.15) is 37.6 Å². The Balaban J connectivity index is 1.99. The van der Waals surface area contributed by atoms with Gasteiger partial charge in [0.25, 0.3) is 0 Å². The van der Waals surface area contributed by atoms with E-state index in [1.807, 2.05) is 6.20 Å². The number of nitrogens with zero attached hydrogens (tertiary/aromatic N) is 1. The lowest BCUT2D eigenvalue weighted by Gasteiger charge is -2.28. The zero-order valence-corrected chi connectivity index (χ0v) is 10.3. The second-order valence-corrected chi connectivity index (χ2v) is 5.57. The first kappa shape index (κ1) is 11.1. The second kappa shape index (κ2) is 5.08. The molecule has 0 aliphatic heterocycles. The van der Waals surface area contributed by atoms with Gasteiger partial charge < -0.3 is 5.32 Å². The zero-order chi connectivity index (χ0) is 10.6. The van der Waals surface area contributed by atoms with Crippen LogP contribution in [0, 0.1) is 5.41 Å². The lowest BCUT2D eigenvalue weighted by molar-refractivity contribution is 0.280. The Kier molecular flexibility index (Phi) is 3.76. The molecule has 15 heavy (non-hydrogen) atoms. The minimum absolute atomic E-state index is 0.508. The van der Waals surface area contributed by atoms with Gasteiger partial charge in [-0.2, -0.15) is 0 Å². The molecule has 1 saturated carbocycles. The van der Waals surface area contributed by atoms with Crippen LogP contribution in [0.15, 0.2) is 11.6 Å². The van der Waals surface area contributed by atoms with Gasteiger partial charge in [-0.25, -0.2) is 4.98 Å². The predicted octanol–water partition coefficient (Wildman–Crippen LogP) is 2.86. The number of aromatic nitrogens is 1. The number of rotatable bonds is 5. The highest BCUT2D eigenvalue weighted by Crippen LogP contribution is 2.40. The molecule has 1 aromatic heterocycles. The third-order valence-electron chi connectivity index (χ3n) is 3.42. The fourth-order valence-electron chi connectivity index (χ4n) is 2.59. The van der Waals surface area contributed by atoms with Crippen LogP contribution in [0.5, 0.6) is 0 Å². The highest BCUT2D eigenvalue weighted by molar-refractivity contribution is 7.09. The average Bonchev–Trinajstić information content (AvgIpc) is 2.88. The smallest absolute Gasteiger partial charge is 0.0930 e. The summed E-state index contributed by atoms with van der Waals surface area (Å²) in [6, 6.07) is 0. The third-order valence-corrected chi connectivity index (χ3v) is 4.20. The van der Waals surface area contributed by atoms with Crippen LogP contribution in [0.4, 0.5) is 0 Å². The van der Waals surface area contributed by atoms with Gasteiger partial charge >= 0.3 is 0 Å². The average molecular weight is 224 g/mol. The van der Waals surface area contributed by atoms with Gasteiger partial charge in [-0.05, 0) is 24.8 Å². The molecule has 84 valence electrons. The number of nitrogens with one attached hydrogen (secondary N) is 1. The molecule has 1 fully saturated rings. The Labute approximate surface area is 96.1 Å². The predicted molar refractivity (Wildman–Crippen MR) is 65.3 cm³/mol. The van der Waals surface area contributed by atoms with Gasteiger partial charge in [0.2, 0.25) is 0 Å². The maximum atomic E-state index is 4.42. The van der Waals surface area contributed by atoms with Gasteiger partial charge in [0, 0.05) is 24.5 Å². The summed E-state index contributed by atoms with van der Waals surface area (Å²) in [5, 5.41) is 6.92. The summed E-state index contributed by atoms with van der Waals surface area (Å²) in [6.45, 7) is 4.44. The van der Waals surface area contributed by atoms with E-state index in [2.05, 4.69) is 22.6 Å². The van der Waals surface area contributed by atoms with E-state index in [0.29, 0.717) is 5.41 Å². The SMILES string of the molecule is CCNCC1(Cc2nccs2)CCCC1. The summed E-state index contributed by atoms with van der Waals surface area (Å²) in [7, 11) is 0. The van der Waals surface area contributed by atoms with Crippen molar-refractivity contribution in [2.24, 2.45) is 5.41 Å². The number of hydrogen-bond donors (Lipinski definition) is 1. The lowest BCUT2D eigenvalue weighted by Crippen LogP contribution is -2.33. The first-order valence-electron chi connectivity index (χ1n) is 5.94. The first-order valence-corrected chi connectivity index (χ1v) is 6.82. The highest BCUT2D eigenvalue weighted by Gasteiger charge is 2.34. The highest BCUT2D eigenvalue weighted by atomic mass is 32.1. The molecule has 0 radical (unpaired) electrons. The molecule has 0 spiro atoms. The van der Waals surface area contributed by atoms with E-state index >= 15 is 0 Å². The molecular formula is C12H20N2S. The molecule has 1 aliphatic rings. The van der Waals surface area contributed by atoms with Gasteiger partial charge in [0.1, 0.15) is 0 Å². The standard InChI is InChI=1S/C12H20N2S/c1-2-13-10-12(5-3-4-6-12)9-11-14-7-8-15-11/h7-8,13H,2-6,9-10H2,1H3. The monoisotopic (exact) mass is 224 g/mol. The molecule has 1 aromatic rings. The molecular weight excluding hydrogens is 204 g/mol. The van der Waals surface area contributed by atoms with Crippen molar-refractivity contribution in [1.82, 2.24) is 10.3 Å². The summed E-state index contributed by atoms with van der Waals surface area (Å²) in [5.41, 5.74) is 0.508. The molecule has 0 atom stereocenters. The van der Waals surface area contributed by atoms with E-state index in [1.165, 1.54) is 43.7 Å². The van der Waals surface area contributed by atoms with Crippen molar-refractivity contribution in [1.29, 1.82) is 0 Å². The van der Waals surface area contributed by atoms with Crippen molar-refractivity contribution >= 4 is 11.3 Å². The van der Waals surface area contributed by atoms with Crippen LogP contribution < -0.4 is 5.32 Å². The van der Waals surface area contributed by atoms with Crippen LogP contribution in [0.3, 0.4) is 0 Å². The maximum absolute atomic E-state index is 4.42. The molecule has 2 nitrogen and oxygen atoms in total. The molecule has 0 unspecified atom stereocenters. The molecule has 3 heteroatoms. The third kappa shape index (κ3) is 2.79. The molecule has 0 amide bonds. The normalized spacial score (nSPS) is 19.5. The Bertz CT molecular complexity index is 276. The molecule has 0 bridgehead atoms. The van der Waals surface area contributed by atoms with Gasteiger partial charge in [0.15, 0.2) is 0 Å². The van der Waals surface area contributed by atoms with Crippen molar-refractivity contribution in [2.75, 3.05) is 13.1 Å². The Morgan fingerprint density at radius 1 is 1.47 bits per heavy atom. The molecule has 1 heterocycles.